The molecule has 0 saturated heterocycles. The summed E-state index contributed by atoms with van der Waals surface area (Å²) in [5, 5.41) is 0. The second-order valence-electron chi connectivity index (χ2n) is 5.00. The van der Waals surface area contributed by atoms with Crippen LogP contribution in [0.5, 0.6) is 0 Å². The van der Waals surface area contributed by atoms with Crippen LogP contribution < -0.4 is 5.73 Å². The zero-order valence-corrected chi connectivity index (χ0v) is 11.1. The van der Waals surface area contributed by atoms with Crippen LogP contribution in [0.15, 0.2) is 18.2 Å². The van der Waals surface area contributed by atoms with Gasteiger partial charge in [0.25, 0.3) is 0 Å². The van der Waals surface area contributed by atoms with E-state index in [-0.39, 0.29) is 6.04 Å². The van der Waals surface area contributed by atoms with Crippen molar-refractivity contribution in [3.05, 3.63) is 34.9 Å². The third kappa shape index (κ3) is 3.32. The second-order valence-corrected chi connectivity index (χ2v) is 5.00. The Bertz CT molecular complexity index is 345. The van der Waals surface area contributed by atoms with Crippen molar-refractivity contribution < 1.29 is 0 Å². The lowest BCUT2D eigenvalue weighted by atomic mass is 9.99. The molecular formula is C14H24N2. The van der Waals surface area contributed by atoms with Gasteiger partial charge in [0.2, 0.25) is 0 Å². The summed E-state index contributed by atoms with van der Waals surface area (Å²) in [6.07, 6.45) is 0. The van der Waals surface area contributed by atoms with Crippen LogP contribution in [0.3, 0.4) is 0 Å². The van der Waals surface area contributed by atoms with Crippen LogP contribution in [0.4, 0.5) is 0 Å². The Balaban J connectivity index is 2.76. The summed E-state index contributed by atoms with van der Waals surface area (Å²) in [6, 6.07) is 7.14. The van der Waals surface area contributed by atoms with E-state index in [0.717, 1.165) is 6.54 Å². The van der Waals surface area contributed by atoms with Crippen molar-refractivity contribution in [2.45, 2.75) is 39.8 Å². The lowest BCUT2D eigenvalue weighted by molar-refractivity contribution is 0.257. The van der Waals surface area contributed by atoms with Gasteiger partial charge in [-0.05, 0) is 45.9 Å². The van der Waals surface area contributed by atoms with Gasteiger partial charge in [0, 0.05) is 18.6 Å². The number of likely N-dealkylation sites (N-methyl/N-ethyl adjacent to an activating group) is 1. The Morgan fingerprint density at radius 2 is 1.88 bits per heavy atom. The Labute approximate surface area is 99.5 Å². The highest BCUT2D eigenvalue weighted by Crippen LogP contribution is 2.18. The molecule has 0 heterocycles. The zero-order valence-electron chi connectivity index (χ0n) is 11.1. The predicted octanol–water partition coefficient (Wildman–Crippen LogP) is 2.64. The van der Waals surface area contributed by atoms with Crippen molar-refractivity contribution in [1.82, 2.24) is 4.90 Å². The van der Waals surface area contributed by atoms with Gasteiger partial charge in [-0.1, -0.05) is 23.8 Å². The van der Waals surface area contributed by atoms with Gasteiger partial charge in [0.1, 0.15) is 0 Å². The molecule has 2 N–H and O–H groups in total. The summed E-state index contributed by atoms with van der Waals surface area (Å²) in [7, 11) is 2.12. The van der Waals surface area contributed by atoms with Crippen LogP contribution in [-0.4, -0.2) is 24.5 Å². The van der Waals surface area contributed by atoms with Crippen molar-refractivity contribution >= 4 is 0 Å². The van der Waals surface area contributed by atoms with Crippen LogP contribution in [-0.2, 0) is 0 Å². The molecule has 0 aliphatic rings. The van der Waals surface area contributed by atoms with Gasteiger partial charge in [-0.2, -0.15) is 0 Å². The van der Waals surface area contributed by atoms with Gasteiger partial charge >= 0.3 is 0 Å². The summed E-state index contributed by atoms with van der Waals surface area (Å²) in [6.45, 7) is 9.53. The Hall–Kier alpha value is -0.860. The van der Waals surface area contributed by atoms with Crippen molar-refractivity contribution in [3.8, 4) is 0 Å². The standard InChI is InChI=1S/C14H24N2/c1-10(2)16(5)9-14(15)13-7-6-11(3)8-12(13)4/h6-8,10,14H,9,15H2,1-5H3. The molecule has 0 spiro atoms. The van der Waals surface area contributed by atoms with Crippen LogP contribution in [0.1, 0.15) is 36.6 Å². The first kappa shape index (κ1) is 13.2. The molecule has 0 aliphatic carbocycles. The quantitative estimate of drug-likeness (QED) is 0.845. The highest BCUT2D eigenvalue weighted by Gasteiger charge is 2.13. The minimum absolute atomic E-state index is 0.105. The normalized spacial score (nSPS) is 13.5. The van der Waals surface area contributed by atoms with E-state index in [1.165, 1.54) is 16.7 Å². The topological polar surface area (TPSA) is 29.3 Å². The predicted molar refractivity (Wildman–Crippen MR) is 70.6 cm³/mol. The molecule has 2 heteroatoms. The summed E-state index contributed by atoms with van der Waals surface area (Å²) in [4.78, 5) is 2.28. The first-order valence-corrected chi connectivity index (χ1v) is 5.94. The molecule has 16 heavy (non-hydrogen) atoms. The average Bonchev–Trinajstić information content (AvgIpc) is 2.16. The minimum atomic E-state index is 0.105. The Morgan fingerprint density at radius 3 is 2.38 bits per heavy atom. The summed E-state index contributed by atoms with van der Waals surface area (Å²) in [5.74, 6) is 0. The van der Waals surface area contributed by atoms with E-state index in [1.54, 1.807) is 0 Å². The van der Waals surface area contributed by atoms with Crippen molar-refractivity contribution in [2.24, 2.45) is 5.73 Å². The Morgan fingerprint density at radius 1 is 1.25 bits per heavy atom. The molecule has 0 aliphatic heterocycles. The lowest BCUT2D eigenvalue weighted by Crippen LogP contribution is -2.34. The number of hydrogen-bond donors (Lipinski definition) is 1. The minimum Gasteiger partial charge on any atom is -0.323 e. The summed E-state index contributed by atoms with van der Waals surface area (Å²) in [5.41, 5.74) is 10.1. The van der Waals surface area contributed by atoms with Gasteiger partial charge in [-0.25, -0.2) is 0 Å². The van der Waals surface area contributed by atoms with Crippen LogP contribution in [0.2, 0.25) is 0 Å². The molecule has 1 atom stereocenters. The molecular weight excluding hydrogens is 196 g/mol. The summed E-state index contributed by atoms with van der Waals surface area (Å²) >= 11 is 0. The number of aryl methyl sites for hydroxylation is 2. The molecule has 0 bridgehead atoms. The molecule has 90 valence electrons. The highest BCUT2D eigenvalue weighted by molar-refractivity contribution is 5.32. The molecule has 1 aromatic rings. The monoisotopic (exact) mass is 220 g/mol. The molecule has 0 saturated carbocycles. The van der Waals surface area contributed by atoms with Crippen LogP contribution >= 0.6 is 0 Å². The average molecular weight is 220 g/mol. The van der Waals surface area contributed by atoms with Crippen LogP contribution in [0.25, 0.3) is 0 Å². The van der Waals surface area contributed by atoms with E-state index in [4.69, 9.17) is 5.73 Å². The van der Waals surface area contributed by atoms with E-state index >= 15 is 0 Å². The fraction of sp³-hybridized carbons (Fsp3) is 0.571. The van der Waals surface area contributed by atoms with Gasteiger partial charge in [0.15, 0.2) is 0 Å². The van der Waals surface area contributed by atoms with E-state index in [9.17, 15) is 0 Å². The number of nitrogens with two attached hydrogens (primary N) is 1. The molecule has 2 nitrogen and oxygen atoms in total. The largest absolute Gasteiger partial charge is 0.323 e. The van der Waals surface area contributed by atoms with E-state index < -0.39 is 0 Å². The van der Waals surface area contributed by atoms with E-state index in [2.05, 4.69) is 57.8 Å². The van der Waals surface area contributed by atoms with Crippen molar-refractivity contribution in [2.75, 3.05) is 13.6 Å². The SMILES string of the molecule is Cc1ccc(C(N)CN(C)C(C)C)c(C)c1. The maximum atomic E-state index is 6.24. The zero-order chi connectivity index (χ0) is 12.3. The first-order valence-electron chi connectivity index (χ1n) is 5.94. The van der Waals surface area contributed by atoms with Gasteiger partial charge in [-0.3, -0.25) is 0 Å². The Kier molecular flexibility index (Phi) is 4.51. The third-order valence-electron chi connectivity index (χ3n) is 3.19. The molecule has 1 rings (SSSR count). The number of nitrogens with zero attached hydrogens (tertiary/aromatic N) is 1. The van der Waals surface area contributed by atoms with Crippen LogP contribution in [0, 0.1) is 13.8 Å². The smallest absolute Gasteiger partial charge is 0.0426 e. The molecule has 0 amide bonds. The van der Waals surface area contributed by atoms with E-state index in [1.807, 2.05) is 0 Å². The van der Waals surface area contributed by atoms with E-state index in [0.29, 0.717) is 6.04 Å². The van der Waals surface area contributed by atoms with Gasteiger partial charge in [-0.15, -0.1) is 0 Å². The third-order valence-corrected chi connectivity index (χ3v) is 3.19. The van der Waals surface area contributed by atoms with Gasteiger partial charge in [0.05, 0.1) is 0 Å². The molecule has 1 aromatic carbocycles. The van der Waals surface area contributed by atoms with Gasteiger partial charge < -0.3 is 10.6 Å². The highest BCUT2D eigenvalue weighted by atomic mass is 15.1. The molecule has 0 aromatic heterocycles. The number of benzene rings is 1. The fourth-order valence-corrected chi connectivity index (χ4v) is 1.86. The second kappa shape index (κ2) is 5.46. The maximum absolute atomic E-state index is 6.24. The fourth-order valence-electron chi connectivity index (χ4n) is 1.86. The maximum Gasteiger partial charge on any atom is 0.0426 e. The molecule has 1 unspecified atom stereocenters. The number of rotatable bonds is 4. The van der Waals surface area contributed by atoms with Crippen molar-refractivity contribution in [1.29, 1.82) is 0 Å². The first-order chi connectivity index (χ1) is 7.41. The molecule has 0 radical (unpaired) electrons. The number of hydrogen-bond acceptors (Lipinski definition) is 2. The lowest BCUT2D eigenvalue weighted by Gasteiger charge is -2.25. The molecule has 0 fully saturated rings. The van der Waals surface area contributed by atoms with Crippen molar-refractivity contribution in [3.63, 3.8) is 0 Å². The summed E-state index contributed by atoms with van der Waals surface area (Å²) < 4.78 is 0.